The van der Waals surface area contributed by atoms with E-state index in [0.29, 0.717) is 12.5 Å². The first-order chi connectivity index (χ1) is 13.1. The van der Waals surface area contributed by atoms with Crippen LogP contribution in [0.1, 0.15) is 36.2 Å². The molecule has 1 aliphatic rings. The second-order valence-electron chi connectivity index (χ2n) is 7.04. The van der Waals surface area contributed by atoms with Gasteiger partial charge in [-0.2, -0.15) is 0 Å². The lowest BCUT2D eigenvalue weighted by Crippen LogP contribution is -2.42. The third kappa shape index (κ3) is 5.97. The molecule has 8 heteroatoms. The van der Waals surface area contributed by atoms with Crippen LogP contribution in [0.15, 0.2) is 24.0 Å². The summed E-state index contributed by atoms with van der Waals surface area (Å²) in [7, 11) is 1.78. The quantitative estimate of drug-likeness (QED) is 0.789. The number of hydrogen-bond donors (Lipinski definition) is 1. The van der Waals surface area contributed by atoms with Crippen LogP contribution in [0.5, 0.6) is 0 Å². The second kappa shape index (κ2) is 9.75. The molecule has 2 aromatic heterocycles. The molecule has 0 saturated carbocycles. The highest BCUT2D eigenvalue weighted by Gasteiger charge is 2.21. The zero-order valence-electron chi connectivity index (χ0n) is 16.1. The van der Waals surface area contributed by atoms with Crippen molar-refractivity contribution in [3.63, 3.8) is 0 Å². The second-order valence-corrected chi connectivity index (χ2v) is 7.99. The van der Waals surface area contributed by atoms with Crippen LogP contribution in [-0.4, -0.2) is 57.5 Å². The Balaban J connectivity index is 1.35. The van der Waals surface area contributed by atoms with Crippen LogP contribution in [0.4, 0.5) is 4.79 Å². The number of rotatable bonds is 7. The van der Waals surface area contributed by atoms with Crippen LogP contribution in [0, 0.1) is 5.92 Å². The summed E-state index contributed by atoms with van der Waals surface area (Å²) in [4.78, 5) is 29.3. The lowest BCUT2D eigenvalue weighted by Gasteiger charge is -2.31. The highest BCUT2D eigenvalue weighted by atomic mass is 32.1. The zero-order valence-corrected chi connectivity index (χ0v) is 16.9. The van der Waals surface area contributed by atoms with Gasteiger partial charge in [-0.1, -0.05) is 6.92 Å². The van der Waals surface area contributed by atoms with Crippen LogP contribution in [-0.2, 0) is 19.5 Å². The molecule has 0 unspecified atom stereocenters. The van der Waals surface area contributed by atoms with Crippen LogP contribution in [0.25, 0.3) is 0 Å². The number of carbonyl (C=O) groups excluding carboxylic acids is 1. The van der Waals surface area contributed by atoms with Gasteiger partial charge in [0.15, 0.2) is 0 Å². The molecule has 0 atom stereocenters. The number of aryl methyl sites for hydroxylation is 1. The Morgan fingerprint density at radius 3 is 2.81 bits per heavy atom. The van der Waals surface area contributed by atoms with Gasteiger partial charge in [0.1, 0.15) is 0 Å². The molecule has 1 N–H and O–H groups in total. The average molecular weight is 389 g/mol. The van der Waals surface area contributed by atoms with Crippen LogP contribution in [0.3, 0.4) is 0 Å². The zero-order chi connectivity index (χ0) is 19.1. The fourth-order valence-corrected chi connectivity index (χ4v) is 3.99. The van der Waals surface area contributed by atoms with Gasteiger partial charge in [0.25, 0.3) is 0 Å². The van der Waals surface area contributed by atoms with Gasteiger partial charge in [0.2, 0.25) is 0 Å². The van der Waals surface area contributed by atoms with E-state index in [2.05, 4.69) is 37.5 Å². The van der Waals surface area contributed by atoms with E-state index in [-0.39, 0.29) is 6.03 Å². The number of aromatic nitrogens is 3. The fourth-order valence-electron chi connectivity index (χ4n) is 3.25. The highest BCUT2D eigenvalue weighted by molar-refractivity contribution is 7.09. The maximum absolute atomic E-state index is 12.3. The van der Waals surface area contributed by atoms with E-state index >= 15 is 0 Å². The molecule has 3 rings (SSSR count). The Labute approximate surface area is 164 Å². The maximum Gasteiger partial charge on any atom is 0.317 e. The molecular formula is C19H28N6OS. The van der Waals surface area contributed by atoms with Crippen LogP contribution >= 0.6 is 11.3 Å². The van der Waals surface area contributed by atoms with E-state index < -0.39 is 0 Å². The third-order valence-electron chi connectivity index (χ3n) is 4.90. The number of thiazole rings is 1. The van der Waals surface area contributed by atoms with Gasteiger partial charge in [0, 0.05) is 37.9 Å². The molecule has 0 aromatic carbocycles. The molecule has 1 fully saturated rings. The largest absolute Gasteiger partial charge is 0.338 e. The van der Waals surface area contributed by atoms with Crippen molar-refractivity contribution in [3.05, 3.63) is 40.4 Å². The minimum absolute atomic E-state index is 0.0577. The molecule has 27 heavy (non-hydrogen) atoms. The van der Waals surface area contributed by atoms with Crippen molar-refractivity contribution in [3.8, 4) is 0 Å². The van der Waals surface area contributed by atoms with E-state index in [9.17, 15) is 4.79 Å². The van der Waals surface area contributed by atoms with Crippen molar-refractivity contribution in [1.82, 2.24) is 30.1 Å². The van der Waals surface area contributed by atoms with E-state index in [1.807, 2.05) is 0 Å². The Hall–Kier alpha value is -2.06. The molecule has 2 aromatic rings. The summed E-state index contributed by atoms with van der Waals surface area (Å²) in [6, 6.07) is -0.0577. The van der Waals surface area contributed by atoms with Gasteiger partial charge in [0.05, 0.1) is 29.1 Å². The number of nitrogens with zero attached hydrogens (tertiary/aromatic N) is 5. The predicted octanol–water partition coefficient (Wildman–Crippen LogP) is 2.55. The molecule has 0 spiro atoms. The summed E-state index contributed by atoms with van der Waals surface area (Å²) in [5, 5.41) is 6.45. The minimum atomic E-state index is -0.0577. The lowest BCUT2D eigenvalue weighted by molar-refractivity contribution is 0.169. The number of nitrogens with one attached hydrogen (secondary N) is 1. The summed E-state index contributed by atoms with van der Waals surface area (Å²) in [6.45, 7) is 6.41. The summed E-state index contributed by atoms with van der Waals surface area (Å²) < 4.78 is 0. The number of piperidine rings is 1. The molecule has 146 valence electrons. The molecule has 3 heterocycles. The van der Waals surface area contributed by atoms with Gasteiger partial charge in [-0.05, 0) is 38.3 Å². The van der Waals surface area contributed by atoms with Gasteiger partial charge in [-0.25, -0.2) is 9.78 Å². The normalized spacial score (nSPS) is 15.6. The number of likely N-dealkylation sites (tertiary alicyclic amines) is 1. The van der Waals surface area contributed by atoms with Crippen molar-refractivity contribution in [2.45, 2.75) is 39.3 Å². The Morgan fingerprint density at radius 1 is 1.33 bits per heavy atom. The van der Waals surface area contributed by atoms with Crippen molar-refractivity contribution in [1.29, 1.82) is 0 Å². The van der Waals surface area contributed by atoms with Crippen molar-refractivity contribution >= 4 is 17.4 Å². The van der Waals surface area contributed by atoms with Crippen LogP contribution in [0.2, 0.25) is 0 Å². The summed E-state index contributed by atoms with van der Waals surface area (Å²) in [5.74, 6) is 0.539. The highest BCUT2D eigenvalue weighted by Crippen LogP contribution is 2.19. The van der Waals surface area contributed by atoms with Gasteiger partial charge in [-0.3, -0.25) is 14.9 Å². The number of carbonyl (C=O) groups is 1. The number of urea groups is 1. The van der Waals surface area contributed by atoms with Crippen molar-refractivity contribution in [2.75, 3.05) is 26.7 Å². The van der Waals surface area contributed by atoms with E-state index in [1.165, 1.54) is 10.7 Å². The molecule has 0 aliphatic carbocycles. The van der Waals surface area contributed by atoms with E-state index in [0.717, 1.165) is 51.1 Å². The topological polar surface area (TPSA) is 74.2 Å². The first-order valence-electron chi connectivity index (χ1n) is 9.53. The van der Waals surface area contributed by atoms with Crippen molar-refractivity contribution in [2.24, 2.45) is 5.92 Å². The standard InChI is InChI=1S/C19H28N6OS/c1-3-18-23-17(14-27-18)13-25-8-4-15(5-9-25)10-22-19(26)24(2)12-16-11-20-6-7-21-16/h6-7,11,14-15H,3-5,8-10,12-13H2,1-2H3,(H,22,26). The first kappa shape index (κ1) is 19.7. The molecule has 2 amide bonds. The van der Waals surface area contributed by atoms with Gasteiger partial charge in [-0.15, -0.1) is 11.3 Å². The Bertz CT molecular complexity index is 714. The third-order valence-corrected chi connectivity index (χ3v) is 5.94. The first-order valence-corrected chi connectivity index (χ1v) is 10.4. The lowest BCUT2D eigenvalue weighted by atomic mass is 9.97. The molecule has 7 nitrogen and oxygen atoms in total. The molecule has 1 saturated heterocycles. The van der Waals surface area contributed by atoms with Crippen LogP contribution < -0.4 is 5.32 Å². The van der Waals surface area contributed by atoms with Crippen molar-refractivity contribution < 1.29 is 4.79 Å². The summed E-state index contributed by atoms with van der Waals surface area (Å²) in [5.41, 5.74) is 1.98. The SMILES string of the molecule is CCc1nc(CN2CCC(CNC(=O)N(C)Cc3cnccn3)CC2)cs1. The fraction of sp³-hybridized carbons (Fsp3) is 0.579. The average Bonchev–Trinajstić information content (AvgIpc) is 3.15. The van der Waals surface area contributed by atoms with Gasteiger partial charge >= 0.3 is 6.03 Å². The molecular weight excluding hydrogens is 360 g/mol. The van der Waals surface area contributed by atoms with E-state index in [1.54, 1.807) is 41.9 Å². The molecule has 0 bridgehead atoms. The predicted molar refractivity (Wildman–Crippen MR) is 106 cm³/mol. The molecule has 1 aliphatic heterocycles. The number of hydrogen-bond acceptors (Lipinski definition) is 6. The Kier molecular flexibility index (Phi) is 7.11. The monoisotopic (exact) mass is 388 g/mol. The summed E-state index contributed by atoms with van der Waals surface area (Å²) in [6.07, 6.45) is 8.19. The smallest absolute Gasteiger partial charge is 0.317 e. The maximum atomic E-state index is 12.3. The minimum Gasteiger partial charge on any atom is -0.338 e. The van der Waals surface area contributed by atoms with E-state index in [4.69, 9.17) is 0 Å². The van der Waals surface area contributed by atoms with Gasteiger partial charge < -0.3 is 10.2 Å². The molecule has 0 radical (unpaired) electrons. The Morgan fingerprint density at radius 2 is 2.15 bits per heavy atom. The number of amides is 2. The summed E-state index contributed by atoms with van der Waals surface area (Å²) >= 11 is 1.75.